The summed E-state index contributed by atoms with van der Waals surface area (Å²) in [6.07, 6.45) is 6.35. The van der Waals surface area contributed by atoms with Crippen LogP contribution in [-0.4, -0.2) is 25.0 Å². The highest BCUT2D eigenvalue weighted by Gasteiger charge is 2.25. The first-order valence-corrected chi connectivity index (χ1v) is 8.18. The van der Waals surface area contributed by atoms with Gasteiger partial charge in [0.25, 0.3) is 11.8 Å². The van der Waals surface area contributed by atoms with Crippen LogP contribution in [-0.2, 0) is 27.1 Å². The first kappa shape index (κ1) is 14.9. The van der Waals surface area contributed by atoms with Crippen molar-refractivity contribution in [2.75, 3.05) is 18.5 Å². The minimum atomic E-state index is -0.496. The normalized spacial score (nSPS) is 17.4. The number of primary amides is 1. The molecule has 22 heavy (non-hydrogen) atoms. The van der Waals surface area contributed by atoms with Crippen LogP contribution in [0.2, 0.25) is 0 Å². The SMILES string of the molecule is NC(=O)c1c(NC(=O)C2=COCCO2)sc2c1CCCCC2. The first-order valence-electron chi connectivity index (χ1n) is 7.37. The van der Waals surface area contributed by atoms with Crippen molar-refractivity contribution in [1.82, 2.24) is 0 Å². The zero-order valence-electron chi connectivity index (χ0n) is 12.1. The number of hydrogen-bond acceptors (Lipinski definition) is 5. The highest BCUT2D eigenvalue weighted by atomic mass is 32.1. The van der Waals surface area contributed by atoms with E-state index in [1.54, 1.807) is 0 Å². The molecule has 3 N–H and O–H groups in total. The fourth-order valence-corrected chi connectivity index (χ4v) is 4.03. The number of carbonyl (C=O) groups is 2. The van der Waals surface area contributed by atoms with E-state index in [2.05, 4.69) is 5.32 Å². The van der Waals surface area contributed by atoms with Crippen LogP contribution in [0.4, 0.5) is 5.00 Å². The highest BCUT2D eigenvalue weighted by Crippen LogP contribution is 2.37. The number of amides is 2. The van der Waals surface area contributed by atoms with Gasteiger partial charge in [0.1, 0.15) is 24.5 Å². The quantitative estimate of drug-likeness (QED) is 0.832. The molecule has 2 aliphatic rings. The van der Waals surface area contributed by atoms with Gasteiger partial charge in [-0.15, -0.1) is 11.3 Å². The Morgan fingerprint density at radius 2 is 2.00 bits per heavy atom. The molecule has 1 aromatic heterocycles. The average Bonchev–Trinajstić information content (AvgIpc) is 2.69. The molecule has 0 fully saturated rings. The summed E-state index contributed by atoms with van der Waals surface area (Å²) in [5.74, 6) is -0.798. The molecule has 0 atom stereocenters. The molecule has 6 nitrogen and oxygen atoms in total. The summed E-state index contributed by atoms with van der Waals surface area (Å²) in [5, 5.41) is 3.26. The van der Waals surface area contributed by atoms with E-state index in [9.17, 15) is 9.59 Å². The third-order valence-electron chi connectivity index (χ3n) is 3.77. The van der Waals surface area contributed by atoms with E-state index < -0.39 is 11.8 Å². The van der Waals surface area contributed by atoms with Crippen LogP contribution in [0.1, 0.15) is 40.1 Å². The molecule has 0 saturated heterocycles. The lowest BCUT2D eigenvalue weighted by Gasteiger charge is -2.15. The Kier molecular flexibility index (Phi) is 4.33. The van der Waals surface area contributed by atoms with Crippen molar-refractivity contribution in [3.8, 4) is 0 Å². The predicted molar refractivity (Wildman–Crippen MR) is 82.7 cm³/mol. The largest absolute Gasteiger partial charge is 0.494 e. The third kappa shape index (κ3) is 2.94. The molecule has 0 bridgehead atoms. The van der Waals surface area contributed by atoms with Gasteiger partial charge < -0.3 is 20.5 Å². The van der Waals surface area contributed by atoms with Crippen LogP contribution < -0.4 is 11.1 Å². The van der Waals surface area contributed by atoms with Gasteiger partial charge in [-0.2, -0.15) is 0 Å². The van der Waals surface area contributed by atoms with Gasteiger partial charge in [0, 0.05) is 4.88 Å². The van der Waals surface area contributed by atoms with Gasteiger partial charge >= 0.3 is 0 Å². The van der Waals surface area contributed by atoms with Crippen LogP contribution in [0.3, 0.4) is 0 Å². The standard InChI is InChI=1S/C15H18N2O4S/c16-13(18)12-9-4-2-1-3-5-11(9)22-15(12)17-14(19)10-8-20-6-7-21-10/h8H,1-7H2,(H2,16,18)(H,17,19). The predicted octanol–water partition coefficient (Wildman–Crippen LogP) is 1.94. The molecule has 0 saturated carbocycles. The van der Waals surface area contributed by atoms with E-state index in [1.807, 2.05) is 0 Å². The Morgan fingerprint density at radius 1 is 1.18 bits per heavy atom. The smallest absolute Gasteiger partial charge is 0.294 e. The number of aryl methyl sites for hydroxylation is 1. The van der Waals surface area contributed by atoms with Crippen molar-refractivity contribution in [3.05, 3.63) is 28.0 Å². The summed E-state index contributed by atoms with van der Waals surface area (Å²) >= 11 is 1.44. The summed E-state index contributed by atoms with van der Waals surface area (Å²) in [7, 11) is 0. The second-order valence-corrected chi connectivity index (χ2v) is 6.39. The Morgan fingerprint density at radius 3 is 2.73 bits per heavy atom. The van der Waals surface area contributed by atoms with E-state index in [0.717, 1.165) is 42.5 Å². The summed E-state index contributed by atoms with van der Waals surface area (Å²) in [4.78, 5) is 25.2. The van der Waals surface area contributed by atoms with E-state index in [0.29, 0.717) is 23.8 Å². The van der Waals surface area contributed by atoms with Gasteiger partial charge in [-0.05, 0) is 31.2 Å². The Hall–Kier alpha value is -2.02. The van der Waals surface area contributed by atoms with Crippen molar-refractivity contribution in [2.24, 2.45) is 5.73 Å². The highest BCUT2D eigenvalue weighted by molar-refractivity contribution is 7.17. The van der Waals surface area contributed by atoms with Crippen LogP contribution in [0.25, 0.3) is 0 Å². The fourth-order valence-electron chi connectivity index (χ4n) is 2.74. The molecule has 1 aliphatic heterocycles. The lowest BCUT2D eigenvalue weighted by molar-refractivity contribution is -0.117. The molecule has 2 amide bonds. The van der Waals surface area contributed by atoms with E-state index in [4.69, 9.17) is 15.2 Å². The van der Waals surface area contributed by atoms with Crippen LogP contribution >= 0.6 is 11.3 Å². The van der Waals surface area contributed by atoms with E-state index in [1.165, 1.54) is 17.6 Å². The number of nitrogens with two attached hydrogens (primary N) is 1. The van der Waals surface area contributed by atoms with Crippen molar-refractivity contribution < 1.29 is 19.1 Å². The summed E-state index contributed by atoms with van der Waals surface area (Å²) in [5.41, 5.74) is 6.99. The maximum atomic E-state index is 12.2. The number of rotatable bonds is 3. The maximum absolute atomic E-state index is 12.2. The van der Waals surface area contributed by atoms with Gasteiger partial charge in [0.2, 0.25) is 5.76 Å². The maximum Gasteiger partial charge on any atom is 0.294 e. The molecule has 3 rings (SSSR count). The lowest BCUT2D eigenvalue weighted by Crippen LogP contribution is -2.22. The molecule has 7 heteroatoms. The van der Waals surface area contributed by atoms with Gasteiger partial charge in [-0.3, -0.25) is 9.59 Å². The molecule has 118 valence electrons. The zero-order chi connectivity index (χ0) is 15.5. The van der Waals surface area contributed by atoms with Crippen LogP contribution in [0.5, 0.6) is 0 Å². The topological polar surface area (TPSA) is 90.7 Å². The number of nitrogens with one attached hydrogen (secondary N) is 1. The lowest BCUT2D eigenvalue weighted by atomic mass is 10.1. The molecule has 0 radical (unpaired) electrons. The number of carbonyl (C=O) groups excluding carboxylic acids is 2. The zero-order valence-corrected chi connectivity index (χ0v) is 13.0. The van der Waals surface area contributed by atoms with Gasteiger partial charge in [-0.1, -0.05) is 6.42 Å². The minimum absolute atomic E-state index is 0.116. The Labute approximate surface area is 132 Å². The number of fused-ring (bicyclic) bond motifs is 1. The number of hydrogen-bond donors (Lipinski definition) is 2. The second-order valence-electron chi connectivity index (χ2n) is 5.29. The molecular weight excluding hydrogens is 304 g/mol. The van der Waals surface area contributed by atoms with Crippen LogP contribution in [0.15, 0.2) is 12.0 Å². The van der Waals surface area contributed by atoms with Gasteiger partial charge in [0.15, 0.2) is 0 Å². The Bertz CT molecular complexity index is 636. The van der Waals surface area contributed by atoms with E-state index in [-0.39, 0.29) is 5.76 Å². The minimum Gasteiger partial charge on any atom is -0.494 e. The van der Waals surface area contributed by atoms with Gasteiger partial charge in [-0.25, -0.2) is 0 Å². The second kappa shape index (κ2) is 6.39. The summed E-state index contributed by atoms with van der Waals surface area (Å²) < 4.78 is 10.3. The molecule has 1 aromatic rings. The van der Waals surface area contributed by atoms with Crippen molar-refractivity contribution in [3.63, 3.8) is 0 Å². The number of ether oxygens (including phenoxy) is 2. The molecule has 2 heterocycles. The molecular formula is C15H18N2O4S. The Balaban J connectivity index is 1.88. The van der Waals surface area contributed by atoms with Crippen LogP contribution in [0, 0.1) is 0 Å². The molecule has 0 unspecified atom stereocenters. The fraction of sp³-hybridized carbons (Fsp3) is 0.467. The van der Waals surface area contributed by atoms with Crippen molar-refractivity contribution in [2.45, 2.75) is 32.1 Å². The van der Waals surface area contributed by atoms with Gasteiger partial charge in [0.05, 0.1) is 5.56 Å². The monoisotopic (exact) mass is 322 g/mol. The molecule has 0 spiro atoms. The van der Waals surface area contributed by atoms with Crippen molar-refractivity contribution >= 4 is 28.2 Å². The molecule has 0 aromatic carbocycles. The number of anilines is 1. The summed E-state index contributed by atoms with van der Waals surface area (Å²) in [6, 6.07) is 0. The average molecular weight is 322 g/mol. The summed E-state index contributed by atoms with van der Waals surface area (Å²) in [6.45, 7) is 0.763. The van der Waals surface area contributed by atoms with E-state index >= 15 is 0 Å². The first-order chi connectivity index (χ1) is 10.7. The number of thiophene rings is 1. The third-order valence-corrected chi connectivity index (χ3v) is 4.97. The van der Waals surface area contributed by atoms with Crippen molar-refractivity contribution in [1.29, 1.82) is 0 Å². The molecule has 1 aliphatic carbocycles.